The van der Waals surface area contributed by atoms with Gasteiger partial charge in [0.1, 0.15) is 12.4 Å². The lowest BCUT2D eigenvalue weighted by atomic mass is 10.2. The standard InChI is InChI=1S/C18H16N2O3/c21-18(20-12-15-6-4-5-10-19-15)17-14(9-11-22-17)13-23-16-7-2-1-3-8-16/h1-11H,12-13H2,(H,20,21). The third-order valence-electron chi connectivity index (χ3n) is 3.25. The van der Waals surface area contributed by atoms with Crippen LogP contribution >= 0.6 is 0 Å². The summed E-state index contributed by atoms with van der Waals surface area (Å²) < 4.78 is 10.9. The van der Waals surface area contributed by atoms with E-state index < -0.39 is 0 Å². The summed E-state index contributed by atoms with van der Waals surface area (Å²) in [6.07, 6.45) is 3.17. The van der Waals surface area contributed by atoms with Gasteiger partial charge in [-0.25, -0.2) is 0 Å². The molecule has 0 saturated carbocycles. The first-order chi connectivity index (χ1) is 11.3. The minimum atomic E-state index is -0.285. The fourth-order valence-corrected chi connectivity index (χ4v) is 2.08. The van der Waals surface area contributed by atoms with Crippen molar-refractivity contribution in [3.05, 3.63) is 84.1 Å². The van der Waals surface area contributed by atoms with Crippen LogP contribution in [-0.2, 0) is 13.2 Å². The number of hydrogen-bond donors (Lipinski definition) is 1. The molecule has 0 aliphatic carbocycles. The molecule has 0 atom stereocenters. The minimum absolute atomic E-state index is 0.261. The van der Waals surface area contributed by atoms with Crippen molar-refractivity contribution in [2.45, 2.75) is 13.2 Å². The van der Waals surface area contributed by atoms with Crippen LogP contribution in [0.4, 0.5) is 0 Å². The van der Waals surface area contributed by atoms with Gasteiger partial charge in [-0.1, -0.05) is 24.3 Å². The van der Waals surface area contributed by atoms with Gasteiger partial charge in [0.05, 0.1) is 18.5 Å². The molecule has 1 aromatic carbocycles. The Bertz CT molecular complexity index is 754. The van der Waals surface area contributed by atoms with Crippen molar-refractivity contribution in [3.63, 3.8) is 0 Å². The zero-order valence-corrected chi connectivity index (χ0v) is 12.4. The van der Waals surface area contributed by atoms with Gasteiger partial charge in [0.15, 0.2) is 5.76 Å². The lowest BCUT2D eigenvalue weighted by Crippen LogP contribution is -2.24. The van der Waals surface area contributed by atoms with Crippen molar-refractivity contribution in [1.82, 2.24) is 10.3 Å². The Labute approximate surface area is 133 Å². The Morgan fingerprint density at radius 1 is 1.09 bits per heavy atom. The van der Waals surface area contributed by atoms with Gasteiger partial charge in [0.2, 0.25) is 0 Å². The summed E-state index contributed by atoms with van der Waals surface area (Å²) in [6.45, 7) is 0.617. The summed E-state index contributed by atoms with van der Waals surface area (Å²) in [6, 6.07) is 16.7. The summed E-state index contributed by atoms with van der Waals surface area (Å²) in [4.78, 5) is 16.4. The third-order valence-corrected chi connectivity index (χ3v) is 3.25. The zero-order chi connectivity index (χ0) is 15.9. The topological polar surface area (TPSA) is 64.4 Å². The molecule has 0 unspecified atom stereocenters. The van der Waals surface area contributed by atoms with Crippen LogP contribution in [-0.4, -0.2) is 10.9 Å². The van der Waals surface area contributed by atoms with E-state index in [2.05, 4.69) is 10.3 Å². The van der Waals surface area contributed by atoms with Crippen molar-refractivity contribution in [2.75, 3.05) is 0 Å². The van der Waals surface area contributed by atoms with Crippen LogP contribution in [0.15, 0.2) is 71.5 Å². The molecular formula is C18H16N2O3. The molecule has 116 valence electrons. The second-order valence-electron chi connectivity index (χ2n) is 4.88. The Balaban J connectivity index is 1.60. The molecule has 0 radical (unpaired) electrons. The number of pyridine rings is 1. The van der Waals surface area contributed by atoms with Crippen LogP contribution in [0.25, 0.3) is 0 Å². The predicted molar refractivity (Wildman–Crippen MR) is 84.9 cm³/mol. The molecule has 1 amide bonds. The molecule has 1 N–H and O–H groups in total. The smallest absolute Gasteiger partial charge is 0.287 e. The number of amides is 1. The maximum Gasteiger partial charge on any atom is 0.287 e. The molecule has 0 spiro atoms. The molecule has 0 aliphatic heterocycles. The van der Waals surface area contributed by atoms with Gasteiger partial charge in [0, 0.05) is 11.8 Å². The predicted octanol–water partition coefficient (Wildman–Crippen LogP) is 3.18. The summed E-state index contributed by atoms with van der Waals surface area (Å²) >= 11 is 0. The number of carbonyl (C=O) groups excluding carboxylic acids is 1. The summed E-state index contributed by atoms with van der Waals surface area (Å²) in [5, 5.41) is 2.79. The molecule has 0 fully saturated rings. The first-order valence-electron chi connectivity index (χ1n) is 7.25. The lowest BCUT2D eigenvalue weighted by Gasteiger charge is -2.07. The van der Waals surface area contributed by atoms with Gasteiger partial charge in [0.25, 0.3) is 5.91 Å². The molecule has 0 bridgehead atoms. The zero-order valence-electron chi connectivity index (χ0n) is 12.4. The highest BCUT2D eigenvalue weighted by atomic mass is 16.5. The van der Waals surface area contributed by atoms with Crippen LogP contribution in [0, 0.1) is 0 Å². The molecular weight excluding hydrogens is 292 g/mol. The van der Waals surface area contributed by atoms with E-state index in [0.717, 1.165) is 11.4 Å². The number of nitrogens with one attached hydrogen (secondary N) is 1. The summed E-state index contributed by atoms with van der Waals surface area (Å²) in [5.74, 6) is 0.720. The average molecular weight is 308 g/mol. The number of aromatic nitrogens is 1. The highest BCUT2D eigenvalue weighted by Crippen LogP contribution is 2.15. The van der Waals surface area contributed by atoms with Crippen molar-refractivity contribution in [3.8, 4) is 5.75 Å². The summed E-state index contributed by atoms with van der Waals surface area (Å²) in [5.41, 5.74) is 1.49. The van der Waals surface area contributed by atoms with Gasteiger partial charge < -0.3 is 14.5 Å². The Morgan fingerprint density at radius 2 is 1.91 bits per heavy atom. The fraction of sp³-hybridized carbons (Fsp3) is 0.111. The van der Waals surface area contributed by atoms with Gasteiger partial charge in [-0.05, 0) is 30.3 Å². The number of rotatable bonds is 6. The minimum Gasteiger partial charge on any atom is -0.489 e. The van der Waals surface area contributed by atoms with E-state index in [1.54, 1.807) is 12.3 Å². The number of ether oxygens (including phenoxy) is 1. The van der Waals surface area contributed by atoms with E-state index in [4.69, 9.17) is 9.15 Å². The molecule has 23 heavy (non-hydrogen) atoms. The van der Waals surface area contributed by atoms with Crippen LogP contribution in [0.1, 0.15) is 21.8 Å². The third kappa shape index (κ3) is 3.97. The summed E-state index contributed by atoms with van der Waals surface area (Å²) in [7, 11) is 0. The van der Waals surface area contributed by atoms with E-state index in [0.29, 0.717) is 12.1 Å². The van der Waals surface area contributed by atoms with Crippen molar-refractivity contribution >= 4 is 5.91 Å². The highest BCUT2D eigenvalue weighted by molar-refractivity contribution is 5.92. The van der Waals surface area contributed by atoms with Gasteiger partial charge >= 0.3 is 0 Å². The normalized spacial score (nSPS) is 10.3. The van der Waals surface area contributed by atoms with E-state index in [9.17, 15) is 4.79 Å². The van der Waals surface area contributed by atoms with Gasteiger partial charge in [-0.2, -0.15) is 0 Å². The molecule has 5 heteroatoms. The van der Waals surface area contributed by atoms with Crippen LogP contribution in [0.3, 0.4) is 0 Å². The maximum atomic E-state index is 12.2. The Hall–Kier alpha value is -3.08. The molecule has 3 aromatic rings. The van der Waals surface area contributed by atoms with Crippen LogP contribution in [0.5, 0.6) is 5.75 Å². The molecule has 0 aliphatic rings. The van der Waals surface area contributed by atoms with Crippen molar-refractivity contribution < 1.29 is 13.9 Å². The first-order valence-corrected chi connectivity index (χ1v) is 7.25. The van der Waals surface area contributed by atoms with Crippen molar-refractivity contribution in [2.24, 2.45) is 0 Å². The average Bonchev–Trinajstić information content (AvgIpc) is 3.08. The fourth-order valence-electron chi connectivity index (χ4n) is 2.08. The molecule has 2 aromatic heterocycles. The van der Waals surface area contributed by atoms with Crippen LogP contribution < -0.4 is 10.1 Å². The number of hydrogen-bond acceptors (Lipinski definition) is 4. The second-order valence-corrected chi connectivity index (χ2v) is 4.88. The SMILES string of the molecule is O=C(NCc1ccccn1)c1occc1COc1ccccc1. The van der Waals surface area contributed by atoms with Gasteiger partial charge in [-0.15, -0.1) is 0 Å². The quantitative estimate of drug-likeness (QED) is 0.759. The van der Waals surface area contributed by atoms with Crippen LogP contribution in [0.2, 0.25) is 0 Å². The number of nitrogens with zero attached hydrogens (tertiary/aromatic N) is 1. The second kappa shape index (κ2) is 7.26. The number of para-hydroxylation sites is 1. The van der Waals surface area contributed by atoms with E-state index in [-0.39, 0.29) is 18.3 Å². The van der Waals surface area contributed by atoms with E-state index >= 15 is 0 Å². The lowest BCUT2D eigenvalue weighted by molar-refractivity contribution is 0.0919. The number of carbonyl (C=O) groups is 1. The van der Waals surface area contributed by atoms with E-state index in [1.165, 1.54) is 6.26 Å². The maximum absolute atomic E-state index is 12.2. The van der Waals surface area contributed by atoms with Crippen molar-refractivity contribution in [1.29, 1.82) is 0 Å². The van der Waals surface area contributed by atoms with Gasteiger partial charge in [-0.3, -0.25) is 9.78 Å². The monoisotopic (exact) mass is 308 g/mol. The molecule has 3 rings (SSSR count). The number of benzene rings is 1. The Kier molecular flexibility index (Phi) is 4.69. The molecule has 2 heterocycles. The Morgan fingerprint density at radius 3 is 2.70 bits per heavy atom. The van der Waals surface area contributed by atoms with E-state index in [1.807, 2.05) is 48.5 Å². The first kappa shape index (κ1) is 14.8. The molecule has 0 saturated heterocycles. The molecule has 5 nitrogen and oxygen atoms in total. The number of furan rings is 1. The largest absolute Gasteiger partial charge is 0.489 e. The highest BCUT2D eigenvalue weighted by Gasteiger charge is 2.15.